The second-order valence-corrected chi connectivity index (χ2v) is 5.98. The van der Waals surface area contributed by atoms with Crippen molar-refractivity contribution in [1.82, 2.24) is 30.0 Å². The van der Waals surface area contributed by atoms with Crippen LogP contribution in [0.1, 0.15) is 43.0 Å². The molecule has 0 aliphatic rings. The first-order valence-electron chi connectivity index (χ1n) is 8.40. The molecule has 0 saturated heterocycles. The predicted octanol–water partition coefficient (Wildman–Crippen LogP) is 2.30. The summed E-state index contributed by atoms with van der Waals surface area (Å²) >= 11 is 0. The third kappa shape index (κ3) is 4.05. The number of rotatable bonds is 7. The van der Waals surface area contributed by atoms with Gasteiger partial charge in [0.2, 0.25) is 0 Å². The molecule has 9 heteroatoms. The van der Waals surface area contributed by atoms with Crippen LogP contribution in [0.4, 0.5) is 5.69 Å². The molecule has 9 nitrogen and oxygen atoms in total. The number of benzene rings is 1. The lowest BCUT2D eigenvalue weighted by atomic mass is 10.2. The van der Waals surface area contributed by atoms with Gasteiger partial charge in [-0.05, 0) is 49.4 Å². The number of aromatic nitrogens is 6. The Morgan fingerprint density at radius 3 is 2.92 bits per heavy atom. The van der Waals surface area contributed by atoms with Crippen molar-refractivity contribution in [3.05, 3.63) is 48.0 Å². The van der Waals surface area contributed by atoms with Crippen molar-refractivity contribution in [1.29, 1.82) is 0 Å². The molecule has 0 saturated carbocycles. The molecule has 0 aliphatic heterocycles. The number of amides is 1. The minimum absolute atomic E-state index is 0.225. The van der Waals surface area contributed by atoms with Crippen LogP contribution < -0.4 is 10.1 Å². The minimum Gasteiger partial charge on any atom is -0.486 e. The summed E-state index contributed by atoms with van der Waals surface area (Å²) in [5, 5.41) is 18.4. The molecule has 0 atom stereocenters. The zero-order valence-electron chi connectivity index (χ0n) is 15.0. The summed E-state index contributed by atoms with van der Waals surface area (Å²) < 4.78 is 9.15. The van der Waals surface area contributed by atoms with E-state index in [1.807, 2.05) is 20.8 Å². The van der Waals surface area contributed by atoms with Gasteiger partial charge in [0, 0.05) is 24.3 Å². The van der Waals surface area contributed by atoms with E-state index in [4.69, 9.17) is 4.74 Å². The maximum Gasteiger partial charge on any atom is 0.255 e. The molecule has 3 rings (SSSR count). The highest BCUT2D eigenvalue weighted by Crippen LogP contribution is 2.17. The van der Waals surface area contributed by atoms with Crippen molar-refractivity contribution in [2.24, 2.45) is 0 Å². The zero-order chi connectivity index (χ0) is 18.5. The minimum atomic E-state index is -0.225. The van der Waals surface area contributed by atoms with Gasteiger partial charge in [-0.3, -0.25) is 9.48 Å². The van der Waals surface area contributed by atoms with E-state index in [2.05, 4.69) is 25.9 Å². The quantitative estimate of drug-likeness (QED) is 0.698. The van der Waals surface area contributed by atoms with Gasteiger partial charge in [-0.15, -0.1) is 5.10 Å². The van der Waals surface area contributed by atoms with E-state index in [9.17, 15) is 4.79 Å². The van der Waals surface area contributed by atoms with Crippen molar-refractivity contribution in [3.63, 3.8) is 0 Å². The van der Waals surface area contributed by atoms with E-state index in [-0.39, 0.29) is 18.6 Å². The van der Waals surface area contributed by atoms with Gasteiger partial charge in [-0.25, -0.2) is 4.68 Å². The van der Waals surface area contributed by atoms with Crippen LogP contribution in [0.5, 0.6) is 5.75 Å². The molecule has 0 unspecified atom stereocenters. The molecule has 1 amide bonds. The number of aryl methyl sites for hydroxylation is 1. The lowest BCUT2D eigenvalue weighted by Gasteiger charge is -2.08. The molecular weight excluding hydrogens is 334 g/mol. The monoisotopic (exact) mass is 355 g/mol. The van der Waals surface area contributed by atoms with Crippen LogP contribution in [0.2, 0.25) is 0 Å². The van der Waals surface area contributed by atoms with E-state index in [1.54, 1.807) is 46.0 Å². The van der Waals surface area contributed by atoms with Gasteiger partial charge < -0.3 is 10.1 Å². The summed E-state index contributed by atoms with van der Waals surface area (Å²) in [4.78, 5) is 12.4. The Morgan fingerprint density at radius 2 is 2.19 bits per heavy atom. The third-order valence-electron chi connectivity index (χ3n) is 3.76. The highest BCUT2D eigenvalue weighted by Gasteiger charge is 2.11. The smallest absolute Gasteiger partial charge is 0.255 e. The van der Waals surface area contributed by atoms with E-state index >= 15 is 0 Å². The van der Waals surface area contributed by atoms with Crippen molar-refractivity contribution >= 4 is 11.6 Å². The molecule has 0 radical (unpaired) electrons. The molecule has 1 aromatic carbocycles. The fraction of sp³-hybridized carbons (Fsp3) is 0.353. The van der Waals surface area contributed by atoms with Crippen molar-refractivity contribution in [3.8, 4) is 5.75 Å². The molecule has 136 valence electrons. The van der Waals surface area contributed by atoms with Crippen LogP contribution in [0.25, 0.3) is 0 Å². The number of hydrogen-bond donors (Lipinski definition) is 1. The van der Waals surface area contributed by atoms with Crippen LogP contribution in [0, 0.1) is 0 Å². The Morgan fingerprint density at radius 1 is 1.35 bits per heavy atom. The third-order valence-corrected chi connectivity index (χ3v) is 3.76. The summed E-state index contributed by atoms with van der Waals surface area (Å²) in [6, 6.07) is 7.20. The molecule has 0 aliphatic carbocycles. The summed E-state index contributed by atoms with van der Waals surface area (Å²) in [5.74, 6) is 0.974. The number of carbonyl (C=O) groups is 1. The SMILES string of the molecule is CCn1nnnc1COc1cccc(C(=O)Nc2cnn(C(C)C)c2)c1. The molecular formula is C17H21N7O2. The van der Waals surface area contributed by atoms with Crippen LogP contribution in [-0.2, 0) is 13.2 Å². The molecule has 2 heterocycles. The van der Waals surface area contributed by atoms with E-state index < -0.39 is 0 Å². The Labute approximate surface area is 151 Å². The van der Waals surface area contributed by atoms with Crippen LogP contribution >= 0.6 is 0 Å². The van der Waals surface area contributed by atoms with Gasteiger partial charge in [0.05, 0.1) is 11.9 Å². The maximum atomic E-state index is 12.4. The first-order valence-corrected chi connectivity index (χ1v) is 8.40. The summed E-state index contributed by atoms with van der Waals surface area (Å²) in [6.45, 7) is 6.89. The van der Waals surface area contributed by atoms with Crippen molar-refractivity contribution < 1.29 is 9.53 Å². The lowest BCUT2D eigenvalue weighted by Crippen LogP contribution is -2.12. The average molecular weight is 355 g/mol. The van der Waals surface area contributed by atoms with Gasteiger partial charge in [0.25, 0.3) is 5.91 Å². The maximum absolute atomic E-state index is 12.4. The molecule has 3 aromatic rings. The molecule has 26 heavy (non-hydrogen) atoms. The van der Waals surface area contributed by atoms with E-state index in [0.717, 1.165) is 0 Å². The van der Waals surface area contributed by atoms with E-state index in [1.165, 1.54) is 0 Å². The van der Waals surface area contributed by atoms with Gasteiger partial charge in [0.15, 0.2) is 5.82 Å². The van der Waals surface area contributed by atoms with Gasteiger partial charge in [0.1, 0.15) is 12.4 Å². The second kappa shape index (κ2) is 7.77. The number of carbonyl (C=O) groups excluding carboxylic acids is 1. The predicted molar refractivity (Wildman–Crippen MR) is 94.8 cm³/mol. The number of ether oxygens (including phenoxy) is 1. The van der Waals surface area contributed by atoms with E-state index in [0.29, 0.717) is 29.4 Å². The Hall–Kier alpha value is -3.23. The van der Waals surface area contributed by atoms with Gasteiger partial charge in [-0.2, -0.15) is 5.10 Å². The van der Waals surface area contributed by atoms with Crippen molar-refractivity contribution in [2.45, 2.75) is 40.0 Å². The Kier molecular flexibility index (Phi) is 5.26. The summed E-state index contributed by atoms with van der Waals surface area (Å²) in [7, 11) is 0. The summed E-state index contributed by atoms with van der Waals surface area (Å²) in [5.41, 5.74) is 1.15. The molecule has 0 spiro atoms. The van der Waals surface area contributed by atoms with Crippen LogP contribution in [0.3, 0.4) is 0 Å². The van der Waals surface area contributed by atoms with Crippen LogP contribution in [0.15, 0.2) is 36.7 Å². The zero-order valence-corrected chi connectivity index (χ0v) is 15.0. The Balaban J connectivity index is 1.65. The Bertz CT molecular complexity index is 885. The van der Waals surface area contributed by atoms with Crippen molar-refractivity contribution in [2.75, 3.05) is 5.32 Å². The molecule has 0 bridgehead atoms. The fourth-order valence-electron chi connectivity index (χ4n) is 2.34. The number of nitrogens with zero attached hydrogens (tertiary/aromatic N) is 6. The van der Waals surface area contributed by atoms with Crippen LogP contribution in [-0.4, -0.2) is 35.9 Å². The standard InChI is InChI=1S/C17H21N7O2/c1-4-23-16(20-21-22-23)11-26-15-7-5-6-13(8-15)17(25)19-14-9-18-24(10-14)12(2)3/h5-10,12H,4,11H2,1-3H3,(H,19,25). The molecule has 1 N–H and O–H groups in total. The number of anilines is 1. The van der Waals surface area contributed by atoms with Gasteiger partial charge >= 0.3 is 0 Å². The lowest BCUT2D eigenvalue weighted by molar-refractivity contribution is 0.102. The normalized spacial score (nSPS) is 10.9. The average Bonchev–Trinajstić information content (AvgIpc) is 3.29. The topological polar surface area (TPSA) is 99.8 Å². The number of tetrazole rings is 1. The largest absolute Gasteiger partial charge is 0.486 e. The molecule has 0 fully saturated rings. The highest BCUT2D eigenvalue weighted by molar-refractivity contribution is 6.04. The highest BCUT2D eigenvalue weighted by atomic mass is 16.5. The number of nitrogens with one attached hydrogen (secondary N) is 1. The summed E-state index contributed by atoms with van der Waals surface area (Å²) in [6.07, 6.45) is 3.43. The fourth-order valence-corrected chi connectivity index (χ4v) is 2.34. The first-order chi connectivity index (χ1) is 12.6. The second-order valence-electron chi connectivity index (χ2n) is 5.98. The molecule has 2 aromatic heterocycles. The number of hydrogen-bond acceptors (Lipinski definition) is 6. The first kappa shape index (κ1) is 17.6. The van der Waals surface area contributed by atoms with Gasteiger partial charge in [-0.1, -0.05) is 6.07 Å².